The van der Waals surface area contributed by atoms with E-state index in [1.54, 1.807) is 0 Å². The largest absolute Gasteiger partial charge is 0.379 e. The minimum atomic E-state index is -3.33. The van der Waals surface area contributed by atoms with Gasteiger partial charge in [-0.1, -0.05) is 38.1 Å². The number of benzene rings is 1. The van der Waals surface area contributed by atoms with Crippen LogP contribution in [0.15, 0.2) is 24.3 Å². The molecule has 6 heteroatoms. The zero-order valence-corrected chi connectivity index (χ0v) is 15.8. The minimum absolute atomic E-state index is 0.0389. The zero-order valence-electron chi connectivity index (χ0n) is 15.0. The summed E-state index contributed by atoms with van der Waals surface area (Å²) in [5, 5.41) is 0. The first-order valence-electron chi connectivity index (χ1n) is 8.71. The lowest BCUT2D eigenvalue weighted by molar-refractivity contribution is 0.0134. The number of nitrogens with one attached hydrogen (secondary N) is 1. The monoisotopic (exact) mass is 354 g/mol. The van der Waals surface area contributed by atoms with Gasteiger partial charge in [0.25, 0.3) is 0 Å². The number of morpholine rings is 1. The van der Waals surface area contributed by atoms with Crippen LogP contribution in [0.25, 0.3) is 0 Å². The Balaban J connectivity index is 1.97. The SMILES string of the molecule is Cc1ccccc1CS(=O)(=O)NCC(CC(C)C)N1CCOCC1. The second-order valence-electron chi connectivity index (χ2n) is 6.97. The summed E-state index contributed by atoms with van der Waals surface area (Å²) in [4.78, 5) is 2.35. The van der Waals surface area contributed by atoms with Gasteiger partial charge < -0.3 is 4.74 Å². The smallest absolute Gasteiger partial charge is 0.215 e. The fourth-order valence-corrected chi connectivity index (χ4v) is 4.38. The van der Waals surface area contributed by atoms with Crippen molar-refractivity contribution < 1.29 is 13.2 Å². The molecule has 1 saturated heterocycles. The summed E-state index contributed by atoms with van der Waals surface area (Å²) in [5.74, 6) is 0.565. The molecule has 1 unspecified atom stereocenters. The highest BCUT2D eigenvalue weighted by Crippen LogP contribution is 2.15. The van der Waals surface area contributed by atoms with Crippen LogP contribution >= 0.6 is 0 Å². The third kappa shape index (κ3) is 6.16. The molecule has 1 aliphatic heterocycles. The van der Waals surface area contributed by atoms with Crippen LogP contribution < -0.4 is 4.72 Å². The fourth-order valence-electron chi connectivity index (χ4n) is 3.10. The van der Waals surface area contributed by atoms with Gasteiger partial charge >= 0.3 is 0 Å². The Morgan fingerprint density at radius 1 is 1.21 bits per heavy atom. The summed E-state index contributed by atoms with van der Waals surface area (Å²) in [6.07, 6.45) is 0.979. The highest BCUT2D eigenvalue weighted by Gasteiger charge is 2.24. The standard InChI is InChI=1S/C18H30N2O3S/c1-15(2)12-18(20-8-10-23-11-9-20)13-19-24(21,22)14-17-7-5-4-6-16(17)3/h4-7,15,18-19H,8-14H2,1-3H3. The molecule has 1 aromatic carbocycles. The summed E-state index contributed by atoms with van der Waals surface area (Å²) < 4.78 is 33.2. The summed E-state index contributed by atoms with van der Waals surface area (Å²) in [7, 11) is -3.33. The van der Waals surface area contributed by atoms with Gasteiger partial charge in [0, 0.05) is 25.7 Å². The Morgan fingerprint density at radius 3 is 2.50 bits per heavy atom. The van der Waals surface area contributed by atoms with Gasteiger partial charge in [0.15, 0.2) is 0 Å². The predicted octanol–water partition coefficient (Wildman–Crippen LogP) is 2.16. The van der Waals surface area contributed by atoms with Crippen molar-refractivity contribution in [3.05, 3.63) is 35.4 Å². The molecular weight excluding hydrogens is 324 g/mol. The molecule has 0 aliphatic carbocycles. The lowest BCUT2D eigenvalue weighted by Gasteiger charge is -2.35. The van der Waals surface area contributed by atoms with E-state index in [0.29, 0.717) is 12.5 Å². The molecule has 0 spiro atoms. The molecule has 0 radical (unpaired) electrons. The molecular formula is C18H30N2O3S. The number of nitrogens with zero attached hydrogens (tertiary/aromatic N) is 1. The van der Waals surface area contributed by atoms with Gasteiger partial charge in [-0.3, -0.25) is 4.90 Å². The average molecular weight is 355 g/mol. The molecule has 2 rings (SSSR count). The van der Waals surface area contributed by atoms with E-state index in [0.717, 1.165) is 43.9 Å². The van der Waals surface area contributed by atoms with Crippen LogP contribution in [0.1, 0.15) is 31.4 Å². The van der Waals surface area contributed by atoms with Gasteiger partial charge in [-0.15, -0.1) is 0 Å². The predicted molar refractivity (Wildman–Crippen MR) is 97.4 cm³/mol. The van der Waals surface area contributed by atoms with Crippen LogP contribution in [0.5, 0.6) is 0 Å². The van der Waals surface area contributed by atoms with E-state index in [-0.39, 0.29) is 11.8 Å². The van der Waals surface area contributed by atoms with E-state index in [4.69, 9.17) is 4.74 Å². The van der Waals surface area contributed by atoms with Gasteiger partial charge in [-0.25, -0.2) is 13.1 Å². The maximum Gasteiger partial charge on any atom is 0.215 e. The van der Waals surface area contributed by atoms with Crippen molar-refractivity contribution in [2.45, 2.75) is 39.0 Å². The average Bonchev–Trinajstić information content (AvgIpc) is 2.54. The molecule has 24 heavy (non-hydrogen) atoms. The van der Waals surface area contributed by atoms with E-state index < -0.39 is 10.0 Å². The Kier molecular flexibility index (Phi) is 7.22. The maximum atomic E-state index is 12.5. The fraction of sp³-hybridized carbons (Fsp3) is 0.667. The quantitative estimate of drug-likeness (QED) is 0.777. The van der Waals surface area contributed by atoms with Crippen LogP contribution in [0.4, 0.5) is 0 Å². The highest BCUT2D eigenvalue weighted by atomic mass is 32.2. The molecule has 0 saturated carbocycles. The van der Waals surface area contributed by atoms with E-state index in [2.05, 4.69) is 23.5 Å². The van der Waals surface area contributed by atoms with Crippen molar-refractivity contribution in [3.63, 3.8) is 0 Å². The van der Waals surface area contributed by atoms with Crippen molar-refractivity contribution in [1.82, 2.24) is 9.62 Å². The molecule has 136 valence electrons. The molecule has 1 aromatic rings. The second-order valence-corrected chi connectivity index (χ2v) is 8.77. The van der Waals surface area contributed by atoms with E-state index >= 15 is 0 Å². The molecule has 5 nitrogen and oxygen atoms in total. The topological polar surface area (TPSA) is 58.6 Å². The Morgan fingerprint density at radius 2 is 1.88 bits per heavy atom. The Hall–Kier alpha value is -0.950. The Bertz CT molecular complexity index is 610. The van der Waals surface area contributed by atoms with Crippen molar-refractivity contribution >= 4 is 10.0 Å². The second kappa shape index (κ2) is 8.94. The van der Waals surface area contributed by atoms with Crippen LogP contribution in [0.3, 0.4) is 0 Å². The van der Waals surface area contributed by atoms with E-state index in [1.165, 1.54) is 0 Å². The molecule has 1 aliphatic rings. The van der Waals surface area contributed by atoms with Crippen molar-refractivity contribution in [1.29, 1.82) is 0 Å². The summed E-state index contributed by atoms with van der Waals surface area (Å²) >= 11 is 0. The van der Waals surface area contributed by atoms with Crippen molar-refractivity contribution in [2.75, 3.05) is 32.8 Å². The third-order valence-electron chi connectivity index (χ3n) is 4.45. The number of sulfonamides is 1. The summed E-state index contributed by atoms with van der Waals surface area (Å²) in [6.45, 7) is 9.96. The third-order valence-corrected chi connectivity index (χ3v) is 5.75. The van der Waals surface area contributed by atoms with Crippen LogP contribution in [-0.2, 0) is 20.5 Å². The number of hydrogen-bond donors (Lipinski definition) is 1. The Labute approximate surface area is 146 Å². The lowest BCUT2D eigenvalue weighted by Crippen LogP contribution is -2.49. The molecule has 1 N–H and O–H groups in total. The molecule has 1 atom stereocenters. The van der Waals surface area contributed by atoms with Gasteiger partial charge in [-0.2, -0.15) is 0 Å². The molecule has 0 aromatic heterocycles. The summed E-state index contributed by atoms with van der Waals surface area (Å²) in [5.41, 5.74) is 1.87. The number of hydrogen-bond acceptors (Lipinski definition) is 4. The van der Waals surface area contributed by atoms with Crippen LogP contribution in [-0.4, -0.2) is 52.2 Å². The van der Waals surface area contributed by atoms with E-state index in [9.17, 15) is 8.42 Å². The first-order chi connectivity index (χ1) is 11.4. The molecule has 1 fully saturated rings. The summed E-state index contributed by atoms with van der Waals surface area (Å²) in [6, 6.07) is 7.85. The number of aryl methyl sites for hydroxylation is 1. The van der Waals surface area contributed by atoms with Gasteiger partial charge in [-0.05, 0) is 30.4 Å². The minimum Gasteiger partial charge on any atom is -0.379 e. The van der Waals surface area contributed by atoms with Crippen LogP contribution in [0, 0.1) is 12.8 Å². The van der Waals surface area contributed by atoms with E-state index in [1.807, 2.05) is 31.2 Å². The highest BCUT2D eigenvalue weighted by molar-refractivity contribution is 7.88. The first-order valence-corrected chi connectivity index (χ1v) is 10.4. The van der Waals surface area contributed by atoms with Crippen molar-refractivity contribution in [2.24, 2.45) is 5.92 Å². The maximum absolute atomic E-state index is 12.5. The molecule has 1 heterocycles. The number of ether oxygens (including phenoxy) is 1. The lowest BCUT2D eigenvalue weighted by atomic mass is 10.0. The molecule has 0 amide bonds. The molecule has 0 bridgehead atoms. The first kappa shape index (κ1) is 19.4. The van der Waals surface area contributed by atoms with Crippen LogP contribution in [0.2, 0.25) is 0 Å². The van der Waals surface area contributed by atoms with Gasteiger partial charge in [0.05, 0.1) is 19.0 Å². The number of rotatable bonds is 8. The van der Waals surface area contributed by atoms with Gasteiger partial charge in [0.2, 0.25) is 10.0 Å². The zero-order chi connectivity index (χ0) is 17.6. The normalized spacial score (nSPS) is 18.0. The van der Waals surface area contributed by atoms with Gasteiger partial charge in [0.1, 0.15) is 0 Å². The van der Waals surface area contributed by atoms with Crippen molar-refractivity contribution in [3.8, 4) is 0 Å².